The van der Waals surface area contributed by atoms with Gasteiger partial charge in [-0.25, -0.2) is 0 Å². The number of nitrogens with one attached hydrogen (secondary N) is 1. The molecule has 1 saturated carbocycles. The zero-order valence-electron chi connectivity index (χ0n) is 10.6. The van der Waals surface area contributed by atoms with E-state index in [1.165, 1.54) is 0 Å². The van der Waals surface area contributed by atoms with E-state index in [2.05, 4.69) is 5.32 Å². The molecule has 1 fully saturated rings. The number of carbonyl (C=O) groups excluding carboxylic acids is 1. The molecule has 2 N–H and O–H groups in total. The summed E-state index contributed by atoms with van der Waals surface area (Å²) >= 11 is 6.07. The molecular formula is C14H14ClNO4. The number of halogens is 1. The van der Waals surface area contributed by atoms with Crippen LogP contribution in [0, 0.1) is 11.8 Å². The normalized spacial score (nSPS) is 27.1. The first-order chi connectivity index (χ1) is 9.58. The lowest BCUT2D eigenvalue weighted by Crippen LogP contribution is -2.33. The molecule has 3 atom stereocenters. The van der Waals surface area contributed by atoms with Gasteiger partial charge in [0.25, 0.3) is 0 Å². The number of carboxylic acids is 1. The van der Waals surface area contributed by atoms with Crippen LogP contribution >= 0.6 is 11.6 Å². The molecule has 5 nitrogen and oxygen atoms in total. The molecule has 20 heavy (non-hydrogen) atoms. The van der Waals surface area contributed by atoms with E-state index in [4.69, 9.17) is 21.4 Å². The summed E-state index contributed by atoms with van der Waals surface area (Å²) in [6.45, 7) is 0.481. The van der Waals surface area contributed by atoms with Crippen molar-refractivity contribution >= 4 is 23.5 Å². The quantitative estimate of drug-likeness (QED) is 0.894. The lowest BCUT2D eigenvalue weighted by atomic mass is 10.0. The molecule has 0 unspecified atom stereocenters. The van der Waals surface area contributed by atoms with Crippen molar-refractivity contribution in [3.8, 4) is 5.75 Å². The fourth-order valence-electron chi connectivity index (χ4n) is 2.57. The van der Waals surface area contributed by atoms with Gasteiger partial charge >= 0.3 is 5.97 Å². The number of hydrogen-bond donors (Lipinski definition) is 2. The minimum atomic E-state index is -0.902. The van der Waals surface area contributed by atoms with Crippen molar-refractivity contribution < 1.29 is 19.4 Å². The van der Waals surface area contributed by atoms with Crippen molar-refractivity contribution in [2.24, 2.45) is 11.8 Å². The summed E-state index contributed by atoms with van der Waals surface area (Å²) in [6, 6.07) is 5.25. The Morgan fingerprint density at radius 1 is 1.35 bits per heavy atom. The molecular weight excluding hydrogens is 282 g/mol. The van der Waals surface area contributed by atoms with Crippen LogP contribution in [0.25, 0.3) is 0 Å². The minimum Gasteiger partial charge on any atom is -0.492 e. The molecule has 1 aliphatic heterocycles. The van der Waals surface area contributed by atoms with Crippen LogP contribution in [0.15, 0.2) is 18.2 Å². The van der Waals surface area contributed by atoms with Crippen LogP contribution in [0.5, 0.6) is 5.75 Å². The molecule has 106 valence electrons. The predicted octanol–water partition coefficient (Wildman–Crippen LogP) is 2.00. The monoisotopic (exact) mass is 295 g/mol. The molecule has 1 amide bonds. The Morgan fingerprint density at radius 3 is 2.85 bits per heavy atom. The number of aliphatic carboxylic acids is 1. The van der Waals surface area contributed by atoms with Crippen LogP contribution in [-0.4, -0.2) is 23.6 Å². The van der Waals surface area contributed by atoms with Crippen molar-refractivity contribution in [3.63, 3.8) is 0 Å². The van der Waals surface area contributed by atoms with Gasteiger partial charge in [0.15, 0.2) is 0 Å². The number of carboxylic acid groups (broad SMARTS) is 1. The lowest BCUT2D eigenvalue weighted by Gasteiger charge is -2.27. The fourth-order valence-corrected chi connectivity index (χ4v) is 2.81. The number of hydrogen-bond acceptors (Lipinski definition) is 3. The van der Waals surface area contributed by atoms with E-state index in [0.717, 1.165) is 5.56 Å². The van der Waals surface area contributed by atoms with Gasteiger partial charge in [-0.3, -0.25) is 9.59 Å². The van der Waals surface area contributed by atoms with Crippen molar-refractivity contribution in [1.82, 2.24) is 5.32 Å². The van der Waals surface area contributed by atoms with Gasteiger partial charge in [-0.15, -0.1) is 0 Å². The van der Waals surface area contributed by atoms with E-state index in [1.807, 2.05) is 12.1 Å². The first kappa shape index (κ1) is 13.2. The maximum absolute atomic E-state index is 12.0. The number of para-hydroxylation sites is 1. The number of benzene rings is 1. The Labute approximate surface area is 120 Å². The zero-order valence-corrected chi connectivity index (χ0v) is 11.4. The molecule has 3 rings (SSSR count). The third-order valence-corrected chi connectivity index (χ3v) is 4.08. The molecule has 2 aliphatic rings. The molecule has 1 heterocycles. The molecule has 0 aromatic heterocycles. The van der Waals surface area contributed by atoms with Crippen molar-refractivity contribution in [2.75, 3.05) is 6.61 Å². The Kier molecular flexibility index (Phi) is 3.30. The highest BCUT2D eigenvalue weighted by Gasteiger charge is 2.48. The summed E-state index contributed by atoms with van der Waals surface area (Å²) in [4.78, 5) is 22.8. The Balaban J connectivity index is 1.73. The van der Waals surface area contributed by atoms with Gasteiger partial charge in [0.05, 0.1) is 29.5 Å². The summed E-state index contributed by atoms with van der Waals surface area (Å²) < 4.78 is 5.52. The molecule has 0 saturated heterocycles. The molecule has 0 radical (unpaired) electrons. The molecule has 0 bridgehead atoms. The van der Waals surface area contributed by atoms with E-state index in [0.29, 0.717) is 30.2 Å². The second kappa shape index (κ2) is 4.98. The van der Waals surface area contributed by atoms with E-state index < -0.39 is 17.8 Å². The third kappa shape index (κ3) is 2.33. The molecule has 6 heteroatoms. The number of ether oxygens (including phenoxy) is 1. The van der Waals surface area contributed by atoms with Crippen molar-refractivity contribution in [1.29, 1.82) is 0 Å². The number of rotatable bonds is 3. The first-order valence-electron chi connectivity index (χ1n) is 6.52. The standard InChI is InChI=1S/C14H14ClNO4/c15-10-3-1-2-7-11(4-5-20-12(7)10)16-13(17)8-6-9(8)14(18)19/h1-3,8-9,11H,4-6H2,(H,16,17)(H,18,19)/t8-,9+,11-/m0/s1. The van der Waals surface area contributed by atoms with Gasteiger partial charge in [0, 0.05) is 12.0 Å². The summed E-state index contributed by atoms with van der Waals surface area (Å²) in [5.41, 5.74) is 0.852. The van der Waals surface area contributed by atoms with Crippen LogP contribution in [0.1, 0.15) is 24.4 Å². The minimum absolute atomic E-state index is 0.167. The maximum Gasteiger partial charge on any atom is 0.307 e. The van der Waals surface area contributed by atoms with Gasteiger partial charge in [0.1, 0.15) is 5.75 Å². The van der Waals surface area contributed by atoms with E-state index >= 15 is 0 Å². The number of amides is 1. The van der Waals surface area contributed by atoms with Crippen LogP contribution in [-0.2, 0) is 9.59 Å². The van der Waals surface area contributed by atoms with Gasteiger partial charge in [-0.2, -0.15) is 0 Å². The Hall–Kier alpha value is -1.75. The average Bonchev–Trinajstić information content (AvgIpc) is 3.20. The summed E-state index contributed by atoms with van der Waals surface area (Å²) in [6.07, 6.45) is 1.08. The summed E-state index contributed by atoms with van der Waals surface area (Å²) in [5.74, 6) is -1.43. The fraction of sp³-hybridized carbons (Fsp3) is 0.429. The maximum atomic E-state index is 12.0. The Morgan fingerprint density at radius 2 is 2.15 bits per heavy atom. The van der Waals surface area contributed by atoms with E-state index in [1.54, 1.807) is 6.07 Å². The van der Waals surface area contributed by atoms with Crippen LogP contribution < -0.4 is 10.1 Å². The SMILES string of the molecule is O=C(N[C@H]1CCOc2c(Cl)cccc21)[C@H]1C[C@H]1C(=O)O. The van der Waals surface area contributed by atoms with E-state index in [9.17, 15) is 9.59 Å². The number of fused-ring (bicyclic) bond motifs is 1. The highest BCUT2D eigenvalue weighted by Crippen LogP contribution is 2.41. The number of carbonyl (C=O) groups is 2. The van der Waals surface area contributed by atoms with E-state index in [-0.39, 0.29) is 11.9 Å². The lowest BCUT2D eigenvalue weighted by molar-refractivity contribution is -0.140. The van der Waals surface area contributed by atoms with Gasteiger partial charge in [-0.1, -0.05) is 23.7 Å². The van der Waals surface area contributed by atoms with Gasteiger partial charge < -0.3 is 15.2 Å². The molecule has 1 aromatic rings. The largest absolute Gasteiger partial charge is 0.492 e. The second-order valence-corrected chi connectivity index (χ2v) is 5.55. The highest BCUT2D eigenvalue weighted by molar-refractivity contribution is 6.32. The molecule has 1 aromatic carbocycles. The molecule has 1 aliphatic carbocycles. The zero-order chi connectivity index (χ0) is 14.3. The second-order valence-electron chi connectivity index (χ2n) is 5.14. The van der Waals surface area contributed by atoms with Crippen molar-refractivity contribution in [3.05, 3.63) is 28.8 Å². The first-order valence-corrected chi connectivity index (χ1v) is 6.90. The topological polar surface area (TPSA) is 75.6 Å². The van der Waals surface area contributed by atoms with Crippen molar-refractivity contribution in [2.45, 2.75) is 18.9 Å². The third-order valence-electron chi connectivity index (χ3n) is 3.79. The summed E-state index contributed by atoms with van der Waals surface area (Å²) in [5, 5.41) is 12.3. The van der Waals surface area contributed by atoms with Gasteiger partial charge in [0.2, 0.25) is 5.91 Å². The predicted molar refractivity (Wildman–Crippen MR) is 71.7 cm³/mol. The summed E-state index contributed by atoms with van der Waals surface area (Å²) in [7, 11) is 0. The molecule has 0 spiro atoms. The smallest absolute Gasteiger partial charge is 0.307 e. The van der Waals surface area contributed by atoms with Gasteiger partial charge in [-0.05, 0) is 12.5 Å². The average molecular weight is 296 g/mol. The van der Waals surface area contributed by atoms with Crippen LogP contribution in [0.4, 0.5) is 0 Å². The Bertz CT molecular complexity index is 574. The highest BCUT2D eigenvalue weighted by atomic mass is 35.5. The van der Waals surface area contributed by atoms with Crippen LogP contribution in [0.2, 0.25) is 5.02 Å². The van der Waals surface area contributed by atoms with Crippen LogP contribution in [0.3, 0.4) is 0 Å².